The second-order valence-electron chi connectivity index (χ2n) is 2.26. The van der Waals surface area contributed by atoms with Crippen LogP contribution in [0.2, 0.25) is 0 Å². The van der Waals surface area contributed by atoms with Crippen molar-refractivity contribution in [1.29, 1.82) is 0 Å². The molecule has 0 saturated carbocycles. The Morgan fingerprint density at radius 3 is 2.73 bits per heavy atom. The summed E-state index contributed by atoms with van der Waals surface area (Å²) in [5, 5.41) is 0. The van der Waals surface area contributed by atoms with Crippen LogP contribution in [0.1, 0.15) is 32.6 Å². The van der Waals surface area contributed by atoms with E-state index in [4.69, 9.17) is 11.6 Å². The molecule has 0 aliphatic carbocycles. The molecule has 0 aromatic heterocycles. The van der Waals surface area contributed by atoms with Gasteiger partial charge in [-0.3, -0.25) is 0 Å². The Morgan fingerprint density at radius 1 is 1.27 bits per heavy atom. The first-order valence-corrected chi connectivity index (χ1v) is 4.62. The van der Waals surface area contributed by atoms with Crippen LogP contribution in [0.5, 0.6) is 0 Å². The fraction of sp³-hybridized carbons (Fsp3) is 0.600. The summed E-state index contributed by atoms with van der Waals surface area (Å²) < 4.78 is 0. The van der Waals surface area contributed by atoms with Gasteiger partial charge in [0, 0.05) is 6.42 Å². The summed E-state index contributed by atoms with van der Waals surface area (Å²) in [5.41, 5.74) is 0. The van der Waals surface area contributed by atoms with Crippen LogP contribution in [-0.2, 0) is 0 Å². The minimum Gasteiger partial charge on any atom is -0.113 e. The lowest BCUT2D eigenvalue weighted by atomic mass is 10.2. The van der Waals surface area contributed by atoms with Gasteiger partial charge in [0.05, 0.1) is 5.88 Å². The normalized spacial score (nSPS) is 9.64. The summed E-state index contributed by atoms with van der Waals surface area (Å²) in [6, 6.07) is 0. The molecule has 1 heteroatoms. The lowest BCUT2D eigenvalue weighted by Gasteiger charge is -1.86. The third kappa shape index (κ3) is 9.59. The van der Waals surface area contributed by atoms with Gasteiger partial charge < -0.3 is 0 Å². The highest BCUT2D eigenvalue weighted by Crippen LogP contribution is 1.95. The van der Waals surface area contributed by atoms with Gasteiger partial charge in [-0.1, -0.05) is 25.0 Å². The molecular formula is C10H15Cl. The van der Waals surface area contributed by atoms with Gasteiger partial charge in [0.15, 0.2) is 0 Å². The second-order valence-corrected chi connectivity index (χ2v) is 2.53. The summed E-state index contributed by atoms with van der Waals surface area (Å²) >= 11 is 5.38. The summed E-state index contributed by atoms with van der Waals surface area (Å²) in [7, 11) is 0. The number of hydrogen-bond acceptors (Lipinski definition) is 0. The monoisotopic (exact) mass is 170 g/mol. The fourth-order valence-electron chi connectivity index (χ4n) is 0.728. The standard InChI is InChI=1S/C10H15Cl/c1-2-3-4-5-6-7-8-9-10-11/h3-4H,2,5-7,10H2,1H3/b4-3-. The minimum absolute atomic E-state index is 0.463. The molecule has 0 heterocycles. The van der Waals surface area contributed by atoms with Crippen molar-refractivity contribution in [3.8, 4) is 11.8 Å². The van der Waals surface area contributed by atoms with Gasteiger partial charge in [0.25, 0.3) is 0 Å². The predicted molar refractivity (Wildman–Crippen MR) is 51.8 cm³/mol. The molecule has 0 radical (unpaired) electrons. The Bertz CT molecular complexity index is 148. The molecule has 11 heavy (non-hydrogen) atoms. The molecule has 0 spiro atoms. The maximum absolute atomic E-state index is 5.38. The van der Waals surface area contributed by atoms with Gasteiger partial charge >= 0.3 is 0 Å². The van der Waals surface area contributed by atoms with Crippen LogP contribution < -0.4 is 0 Å². The third-order valence-electron chi connectivity index (χ3n) is 1.27. The van der Waals surface area contributed by atoms with E-state index in [9.17, 15) is 0 Å². The van der Waals surface area contributed by atoms with Gasteiger partial charge in [-0.2, -0.15) is 0 Å². The van der Waals surface area contributed by atoms with E-state index in [0.29, 0.717) is 5.88 Å². The van der Waals surface area contributed by atoms with Crippen molar-refractivity contribution in [2.24, 2.45) is 0 Å². The second kappa shape index (κ2) is 9.59. The Hall–Kier alpha value is -0.410. The topological polar surface area (TPSA) is 0 Å². The molecule has 0 aliphatic heterocycles. The van der Waals surface area contributed by atoms with Crippen molar-refractivity contribution in [1.82, 2.24) is 0 Å². The molecule has 62 valence electrons. The van der Waals surface area contributed by atoms with Crippen LogP contribution in [0.4, 0.5) is 0 Å². The third-order valence-corrected chi connectivity index (χ3v) is 1.40. The zero-order chi connectivity index (χ0) is 8.36. The molecule has 0 atom stereocenters. The van der Waals surface area contributed by atoms with Crippen LogP contribution in [0.3, 0.4) is 0 Å². The van der Waals surface area contributed by atoms with E-state index in [0.717, 1.165) is 25.7 Å². The van der Waals surface area contributed by atoms with Crippen molar-refractivity contribution >= 4 is 11.6 Å². The van der Waals surface area contributed by atoms with Crippen molar-refractivity contribution in [2.45, 2.75) is 32.6 Å². The Balaban J connectivity index is 3.08. The van der Waals surface area contributed by atoms with Crippen molar-refractivity contribution < 1.29 is 0 Å². The summed E-state index contributed by atoms with van der Waals surface area (Å²) in [5.74, 6) is 6.29. The van der Waals surface area contributed by atoms with Crippen LogP contribution in [0.15, 0.2) is 12.2 Å². The molecule has 0 N–H and O–H groups in total. The van der Waals surface area contributed by atoms with Crippen molar-refractivity contribution in [2.75, 3.05) is 5.88 Å². The van der Waals surface area contributed by atoms with Crippen LogP contribution >= 0.6 is 11.6 Å². The Labute approximate surface area is 74.6 Å². The first-order valence-electron chi connectivity index (χ1n) is 4.08. The van der Waals surface area contributed by atoms with Crippen LogP contribution in [-0.4, -0.2) is 5.88 Å². The summed E-state index contributed by atoms with van der Waals surface area (Å²) in [6.45, 7) is 2.14. The molecular weight excluding hydrogens is 156 g/mol. The van der Waals surface area contributed by atoms with E-state index in [1.165, 1.54) is 0 Å². The molecule has 0 aliphatic rings. The van der Waals surface area contributed by atoms with E-state index in [1.807, 2.05) is 0 Å². The van der Waals surface area contributed by atoms with Crippen molar-refractivity contribution in [3.63, 3.8) is 0 Å². The van der Waals surface area contributed by atoms with Crippen LogP contribution in [0.25, 0.3) is 0 Å². The number of allylic oxidation sites excluding steroid dienone is 2. The summed E-state index contributed by atoms with van der Waals surface area (Å²) in [4.78, 5) is 0. The van der Waals surface area contributed by atoms with Crippen LogP contribution in [0, 0.1) is 11.8 Å². The maximum Gasteiger partial charge on any atom is 0.0835 e. The SMILES string of the molecule is CC/C=C\CCCC#CCCl. The first kappa shape index (κ1) is 10.6. The lowest BCUT2D eigenvalue weighted by molar-refractivity contribution is 0.881. The van der Waals surface area contributed by atoms with Crippen molar-refractivity contribution in [3.05, 3.63) is 12.2 Å². The Morgan fingerprint density at radius 2 is 2.09 bits per heavy atom. The van der Waals surface area contributed by atoms with E-state index >= 15 is 0 Å². The van der Waals surface area contributed by atoms with E-state index < -0.39 is 0 Å². The summed E-state index contributed by atoms with van der Waals surface area (Å²) in [6.07, 6.45) is 8.80. The zero-order valence-electron chi connectivity index (χ0n) is 7.07. The first-order chi connectivity index (χ1) is 5.41. The molecule has 0 saturated heterocycles. The average molecular weight is 171 g/mol. The smallest absolute Gasteiger partial charge is 0.0835 e. The lowest BCUT2D eigenvalue weighted by Crippen LogP contribution is -1.70. The molecule has 0 fully saturated rings. The number of rotatable bonds is 4. The van der Waals surface area contributed by atoms with Gasteiger partial charge in [0.2, 0.25) is 0 Å². The highest BCUT2D eigenvalue weighted by molar-refractivity contribution is 6.19. The highest BCUT2D eigenvalue weighted by atomic mass is 35.5. The largest absolute Gasteiger partial charge is 0.113 e. The number of halogens is 1. The fourth-order valence-corrected chi connectivity index (χ4v) is 0.823. The van der Waals surface area contributed by atoms with E-state index in [-0.39, 0.29) is 0 Å². The predicted octanol–water partition coefficient (Wildman–Crippen LogP) is 3.37. The van der Waals surface area contributed by atoms with Gasteiger partial charge in [0.1, 0.15) is 0 Å². The molecule has 0 unspecified atom stereocenters. The highest BCUT2D eigenvalue weighted by Gasteiger charge is 1.78. The number of alkyl halides is 1. The van der Waals surface area contributed by atoms with Gasteiger partial charge in [-0.25, -0.2) is 0 Å². The maximum atomic E-state index is 5.38. The molecule has 0 bridgehead atoms. The molecule has 0 nitrogen and oxygen atoms in total. The van der Waals surface area contributed by atoms with E-state index in [2.05, 4.69) is 30.9 Å². The Kier molecular flexibility index (Phi) is 9.23. The molecule has 0 amide bonds. The molecule has 0 aromatic carbocycles. The van der Waals surface area contributed by atoms with Gasteiger partial charge in [-0.05, 0) is 19.3 Å². The van der Waals surface area contributed by atoms with E-state index in [1.54, 1.807) is 0 Å². The minimum atomic E-state index is 0.463. The molecule has 0 aromatic rings. The van der Waals surface area contributed by atoms with Gasteiger partial charge in [-0.15, -0.1) is 17.5 Å². The zero-order valence-corrected chi connectivity index (χ0v) is 7.82. The number of unbranched alkanes of at least 4 members (excludes halogenated alkanes) is 2. The quantitative estimate of drug-likeness (QED) is 0.263. The molecule has 0 rings (SSSR count). The average Bonchev–Trinajstić information content (AvgIpc) is 2.03. The number of hydrogen-bond donors (Lipinski definition) is 0.